The molecule has 0 aliphatic carbocycles. The van der Waals surface area contributed by atoms with E-state index in [9.17, 15) is 9.65 Å². The topological polar surface area (TPSA) is 128 Å². The zero-order valence-electron chi connectivity index (χ0n) is 23.1. The second-order valence-corrected chi connectivity index (χ2v) is 12.7. The van der Waals surface area contributed by atoms with Crippen molar-refractivity contribution >= 4 is 54.7 Å². The van der Waals surface area contributed by atoms with Crippen LogP contribution < -0.4 is 20.7 Å². The van der Waals surface area contributed by atoms with Gasteiger partial charge in [0.05, 0.1) is 59.2 Å². The van der Waals surface area contributed by atoms with Crippen molar-refractivity contribution < 1.29 is 23.3 Å². The van der Waals surface area contributed by atoms with Gasteiger partial charge in [-0.25, -0.2) is 4.39 Å². The molecule has 3 saturated heterocycles. The predicted molar refractivity (Wildman–Crippen MR) is 161 cm³/mol. The van der Waals surface area contributed by atoms with E-state index in [1.54, 1.807) is 6.07 Å². The maximum absolute atomic E-state index is 15.0. The molecule has 2 unspecified atom stereocenters. The fourth-order valence-electron chi connectivity index (χ4n) is 6.96. The lowest BCUT2D eigenvalue weighted by Gasteiger charge is -2.37. The molecule has 0 radical (unpaired) electrons. The molecule has 3 N–H and O–H groups in total. The molecule has 0 saturated carbocycles. The van der Waals surface area contributed by atoms with Crippen molar-refractivity contribution in [2.45, 2.75) is 44.2 Å². The smallest absolute Gasteiger partial charge is 0.319 e. The molecule has 8 rings (SSSR count). The zero-order chi connectivity index (χ0) is 29.2. The van der Waals surface area contributed by atoms with Crippen LogP contribution in [0.25, 0.3) is 32.1 Å². The van der Waals surface area contributed by atoms with Gasteiger partial charge in [0, 0.05) is 36.1 Å². The van der Waals surface area contributed by atoms with Crippen LogP contribution in [0.5, 0.6) is 6.01 Å². The lowest BCUT2D eigenvalue weighted by atomic mass is 9.90. The summed E-state index contributed by atoms with van der Waals surface area (Å²) >= 11 is 8.40. The lowest BCUT2D eigenvalue weighted by molar-refractivity contribution is -0.102. The summed E-state index contributed by atoms with van der Waals surface area (Å²) in [7, 11) is 0. The van der Waals surface area contributed by atoms with Gasteiger partial charge in [-0.15, -0.1) is 11.3 Å². The van der Waals surface area contributed by atoms with Gasteiger partial charge in [-0.3, -0.25) is 0 Å². The monoisotopic (exact) mass is 622 g/mol. The largest absolute Gasteiger partial charge is 0.461 e. The molecular weight excluding hydrogens is 595 g/mol. The van der Waals surface area contributed by atoms with Crippen LogP contribution in [-0.4, -0.2) is 67.7 Å². The number of rotatable bonds is 5. The van der Waals surface area contributed by atoms with Gasteiger partial charge in [0.2, 0.25) is 0 Å². The van der Waals surface area contributed by atoms with E-state index in [4.69, 9.17) is 46.3 Å². The molecule has 0 spiro atoms. The molecule has 4 aliphatic heterocycles. The average molecular weight is 623 g/mol. The van der Waals surface area contributed by atoms with Crippen LogP contribution in [0.4, 0.5) is 15.2 Å². The molecule has 2 aromatic carbocycles. The number of benzene rings is 2. The highest BCUT2D eigenvalue weighted by atomic mass is 35.5. The van der Waals surface area contributed by atoms with Crippen molar-refractivity contribution in [1.29, 1.82) is 5.26 Å². The van der Waals surface area contributed by atoms with Gasteiger partial charge in [-0.2, -0.15) is 15.2 Å². The van der Waals surface area contributed by atoms with Gasteiger partial charge in [0.15, 0.2) is 0 Å². The van der Waals surface area contributed by atoms with Crippen LogP contribution >= 0.6 is 22.9 Å². The van der Waals surface area contributed by atoms with Crippen LogP contribution in [0.2, 0.25) is 5.02 Å². The normalized spacial score (nSPS) is 23.2. The number of piperazine rings is 1. The van der Waals surface area contributed by atoms with E-state index in [1.165, 1.54) is 6.07 Å². The first-order valence-corrected chi connectivity index (χ1v) is 15.6. The Bertz CT molecular complexity index is 1810. The predicted octanol–water partition coefficient (Wildman–Crippen LogP) is 4.52. The van der Waals surface area contributed by atoms with E-state index < -0.39 is 5.82 Å². The standard InChI is InChI=1S/C30H28ClFN6O4S/c31-25-22(17-3-4-21(32)27-23(17)18(7-33)28(34)43-27)19-12-40-13-20(19)24-26(25)36-30(42-11-16-10-39-5-6-41-16)37-29(24)38-14-1-2-15(38)9-35-8-14/h3-4,14-16,35H,1-2,5-6,8-13,34H2/t14?,15?,16-/m1/s1. The third kappa shape index (κ3) is 4.33. The van der Waals surface area contributed by atoms with Crippen LogP contribution in [0.3, 0.4) is 0 Å². The third-order valence-electron chi connectivity index (χ3n) is 8.86. The number of nitrogens with one attached hydrogen (secondary N) is 1. The molecule has 10 nitrogen and oxygen atoms in total. The highest BCUT2D eigenvalue weighted by Gasteiger charge is 2.40. The summed E-state index contributed by atoms with van der Waals surface area (Å²) in [4.78, 5) is 12.3. The van der Waals surface area contributed by atoms with Gasteiger partial charge >= 0.3 is 6.01 Å². The Balaban J connectivity index is 1.37. The summed E-state index contributed by atoms with van der Waals surface area (Å²) in [5, 5.41) is 15.4. The minimum atomic E-state index is -0.440. The summed E-state index contributed by atoms with van der Waals surface area (Å²) < 4.78 is 38.8. The number of anilines is 2. The van der Waals surface area contributed by atoms with Crippen LogP contribution in [-0.2, 0) is 27.4 Å². The molecule has 6 heterocycles. The molecule has 2 bridgehead atoms. The second-order valence-electron chi connectivity index (χ2n) is 11.3. The highest BCUT2D eigenvalue weighted by Crippen LogP contribution is 2.50. The van der Waals surface area contributed by atoms with E-state index in [0.717, 1.165) is 59.6 Å². The minimum Gasteiger partial charge on any atom is -0.461 e. The van der Waals surface area contributed by atoms with Gasteiger partial charge in [0.25, 0.3) is 0 Å². The second kappa shape index (κ2) is 10.7. The maximum atomic E-state index is 15.0. The van der Waals surface area contributed by atoms with E-state index in [1.807, 2.05) is 0 Å². The SMILES string of the molecule is N#Cc1c(N)sc2c(F)ccc(-c3c4c(c5c(N6C7CCC6CNC7)nc(OC[C@H]6COCCO6)nc5c3Cl)COC4)c12. The molecule has 2 aromatic heterocycles. The maximum Gasteiger partial charge on any atom is 0.319 e. The number of nitrogens with zero attached hydrogens (tertiary/aromatic N) is 4. The number of nitriles is 1. The number of hydrogen-bond acceptors (Lipinski definition) is 11. The number of aromatic nitrogens is 2. The number of thiophene rings is 1. The number of nitrogen functional groups attached to an aromatic ring is 1. The van der Waals surface area contributed by atoms with Crippen molar-refractivity contribution in [2.75, 3.05) is 50.2 Å². The number of fused-ring (bicyclic) bond motifs is 6. The molecule has 13 heteroatoms. The zero-order valence-corrected chi connectivity index (χ0v) is 24.7. The molecule has 3 atom stereocenters. The first kappa shape index (κ1) is 27.3. The molecule has 0 amide bonds. The average Bonchev–Trinajstić information content (AvgIpc) is 3.71. The Morgan fingerprint density at radius 1 is 1.14 bits per heavy atom. The Morgan fingerprint density at radius 2 is 1.95 bits per heavy atom. The van der Waals surface area contributed by atoms with Gasteiger partial charge in [0.1, 0.15) is 35.4 Å². The summed E-state index contributed by atoms with van der Waals surface area (Å²) in [6.45, 7) is 4.12. The summed E-state index contributed by atoms with van der Waals surface area (Å²) in [5.41, 5.74) is 10.0. The number of ether oxygens (including phenoxy) is 4. The van der Waals surface area contributed by atoms with Gasteiger partial charge in [-0.1, -0.05) is 17.7 Å². The quantitative estimate of drug-likeness (QED) is 0.328. The summed E-state index contributed by atoms with van der Waals surface area (Å²) in [5.74, 6) is 0.344. The fourth-order valence-corrected chi connectivity index (χ4v) is 8.26. The fraction of sp³-hybridized carbons (Fsp3) is 0.433. The lowest BCUT2D eigenvalue weighted by Crippen LogP contribution is -2.52. The van der Waals surface area contributed by atoms with Crippen LogP contribution in [0, 0.1) is 17.1 Å². The first-order chi connectivity index (χ1) is 21.0. The molecule has 3 fully saturated rings. The van der Waals surface area contributed by atoms with Crippen molar-refractivity contribution in [1.82, 2.24) is 15.3 Å². The molecular formula is C30H28ClFN6O4S. The first-order valence-electron chi connectivity index (χ1n) is 14.4. The minimum absolute atomic E-state index is 0.197. The van der Waals surface area contributed by atoms with E-state index >= 15 is 0 Å². The Morgan fingerprint density at radius 3 is 2.72 bits per heavy atom. The van der Waals surface area contributed by atoms with E-state index in [0.29, 0.717) is 64.8 Å². The summed E-state index contributed by atoms with van der Waals surface area (Å²) in [6, 6.07) is 5.97. The molecule has 43 heavy (non-hydrogen) atoms. The molecule has 4 aromatic rings. The summed E-state index contributed by atoms with van der Waals surface area (Å²) in [6.07, 6.45) is 1.88. The number of halogens is 2. The number of nitrogens with two attached hydrogens (primary N) is 1. The van der Waals surface area contributed by atoms with Crippen molar-refractivity contribution in [2.24, 2.45) is 0 Å². The van der Waals surface area contributed by atoms with Gasteiger partial charge < -0.3 is 34.9 Å². The number of hydrogen-bond donors (Lipinski definition) is 2. The van der Waals surface area contributed by atoms with Crippen molar-refractivity contribution in [3.8, 4) is 23.2 Å². The van der Waals surface area contributed by atoms with Crippen LogP contribution in [0.1, 0.15) is 29.5 Å². The Kier molecular flexibility index (Phi) is 6.78. The Labute approximate surface area is 255 Å². The third-order valence-corrected chi connectivity index (χ3v) is 10.3. The van der Waals surface area contributed by atoms with Crippen molar-refractivity contribution in [3.05, 3.63) is 39.7 Å². The van der Waals surface area contributed by atoms with E-state index in [2.05, 4.69) is 16.3 Å². The van der Waals surface area contributed by atoms with Gasteiger partial charge in [-0.05, 0) is 35.6 Å². The molecule has 4 aliphatic rings. The van der Waals surface area contributed by atoms with Crippen LogP contribution in [0.15, 0.2) is 12.1 Å². The highest BCUT2D eigenvalue weighted by molar-refractivity contribution is 7.23. The Hall–Kier alpha value is -3.31. The van der Waals surface area contributed by atoms with Crippen molar-refractivity contribution in [3.63, 3.8) is 0 Å². The van der Waals surface area contributed by atoms with E-state index in [-0.39, 0.29) is 41.4 Å². The molecule has 222 valence electrons.